The summed E-state index contributed by atoms with van der Waals surface area (Å²) in [6, 6.07) is 7.87. The molecular formula is C17H12N2O5. The second kappa shape index (κ2) is 5.45. The fourth-order valence-corrected chi connectivity index (χ4v) is 2.75. The number of hydroxylamine groups is 2. The Balaban J connectivity index is 1.57. The smallest absolute Gasteiger partial charge is 0.382 e. The first-order chi connectivity index (χ1) is 11.6. The zero-order valence-electron chi connectivity index (χ0n) is 12.5. The highest BCUT2D eigenvalue weighted by Gasteiger charge is 2.39. The van der Waals surface area contributed by atoms with E-state index in [9.17, 15) is 14.4 Å². The lowest BCUT2D eigenvalue weighted by molar-refractivity contribution is -0.0588. The van der Waals surface area contributed by atoms with Crippen molar-refractivity contribution in [2.75, 3.05) is 6.61 Å². The van der Waals surface area contributed by atoms with Crippen LogP contribution in [0.2, 0.25) is 0 Å². The van der Waals surface area contributed by atoms with E-state index in [2.05, 4.69) is 4.98 Å². The van der Waals surface area contributed by atoms with Crippen molar-refractivity contribution in [1.82, 2.24) is 10.0 Å². The number of amides is 2. The Morgan fingerprint density at radius 2 is 1.88 bits per heavy atom. The number of rotatable bonds is 2. The molecule has 0 bridgehead atoms. The molecule has 2 aliphatic heterocycles. The normalized spacial score (nSPS) is 15.6. The summed E-state index contributed by atoms with van der Waals surface area (Å²) >= 11 is 0. The van der Waals surface area contributed by atoms with Crippen molar-refractivity contribution in [2.45, 2.75) is 12.8 Å². The molecule has 4 rings (SSSR count). The molecule has 1 aromatic heterocycles. The molecule has 0 aliphatic carbocycles. The summed E-state index contributed by atoms with van der Waals surface area (Å²) in [6.45, 7) is 0.619. The third-order valence-corrected chi connectivity index (χ3v) is 3.94. The Morgan fingerprint density at radius 3 is 2.58 bits per heavy atom. The Kier molecular flexibility index (Phi) is 3.26. The molecule has 3 heterocycles. The van der Waals surface area contributed by atoms with E-state index < -0.39 is 17.8 Å². The molecule has 0 atom stereocenters. The van der Waals surface area contributed by atoms with Crippen LogP contribution in [0, 0.1) is 0 Å². The van der Waals surface area contributed by atoms with Crippen LogP contribution in [0.15, 0.2) is 36.5 Å². The topological polar surface area (TPSA) is 85.8 Å². The van der Waals surface area contributed by atoms with Gasteiger partial charge < -0.3 is 9.57 Å². The average Bonchev–Trinajstić information content (AvgIpc) is 2.86. The van der Waals surface area contributed by atoms with Gasteiger partial charge in [0.1, 0.15) is 5.75 Å². The molecular weight excluding hydrogens is 312 g/mol. The SMILES string of the molecule is O=C(ON1C(=O)c2ccccc2C1=O)c1cc2c(cn1)OCCC2. The van der Waals surface area contributed by atoms with Gasteiger partial charge in [-0.15, -0.1) is 0 Å². The van der Waals surface area contributed by atoms with Gasteiger partial charge in [0.2, 0.25) is 0 Å². The van der Waals surface area contributed by atoms with Gasteiger partial charge in [-0.3, -0.25) is 9.59 Å². The van der Waals surface area contributed by atoms with Crippen molar-refractivity contribution in [1.29, 1.82) is 0 Å². The fourth-order valence-electron chi connectivity index (χ4n) is 2.75. The van der Waals surface area contributed by atoms with Crippen LogP contribution in [0.5, 0.6) is 5.75 Å². The summed E-state index contributed by atoms with van der Waals surface area (Å²) in [5, 5.41) is 0.477. The maximum Gasteiger partial charge on any atom is 0.382 e. The van der Waals surface area contributed by atoms with Gasteiger partial charge in [-0.2, -0.15) is 0 Å². The van der Waals surface area contributed by atoms with Crippen LogP contribution in [0.25, 0.3) is 0 Å². The molecule has 2 amide bonds. The zero-order chi connectivity index (χ0) is 16.7. The molecule has 7 heteroatoms. The summed E-state index contributed by atoms with van der Waals surface area (Å²) in [5.74, 6) is -1.55. The van der Waals surface area contributed by atoms with Crippen molar-refractivity contribution < 1.29 is 24.0 Å². The fraction of sp³-hybridized carbons (Fsp3) is 0.176. The molecule has 7 nitrogen and oxygen atoms in total. The molecule has 0 spiro atoms. The number of aromatic nitrogens is 1. The largest absolute Gasteiger partial charge is 0.492 e. The van der Waals surface area contributed by atoms with E-state index in [1.165, 1.54) is 18.3 Å². The Hall–Kier alpha value is -3.22. The third-order valence-electron chi connectivity index (χ3n) is 3.94. The Labute approximate surface area is 136 Å². The van der Waals surface area contributed by atoms with Crippen LogP contribution in [-0.2, 0) is 11.3 Å². The quantitative estimate of drug-likeness (QED) is 0.783. The number of pyridine rings is 1. The standard InChI is InChI=1S/C17H12N2O5/c20-15-11-5-1-2-6-12(11)16(21)19(15)24-17(22)13-8-10-4-3-7-23-14(10)9-18-13/h1-2,5-6,8-9H,3-4,7H2. The molecule has 0 radical (unpaired) electrons. The number of nitrogens with zero attached hydrogens (tertiary/aromatic N) is 2. The van der Waals surface area contributed by atoms with Gasteiger partial charge in [0.05, 0.1) is 23.9 Å². The molecule has 120 valence electrons. The second-order valence-electron chi connectivity index (χ2n) is 5.46. The highest BCUT2D eigenvalue weighted by molar-refractivity contribution is 6.21. The predicted molar refractivity (Wildman–Crippen MR) is 80.4 cm³/mol. The van der Waals surface area contributed by atoms with Crippen LogP contribution in [0.3, 0.4) is 0 Å². The van der Waals surface area contributed by atoms with E-state index in [0.717, 1.165) is 18.4 Å². The van der Waals surface area contributed by atoms with Crippen molar-refractivity contribution >= 4 is 17.8 Å². The minimum atomic E-state index is -0.863. The summed E-state index contributed by atoms with van der Waals surface area (Å²) in [7, 11) is 0. The van der Waals surface area contributed by atoms with Gasteiger partial charge in [-0.1, -0.05) is 17.2 Å². The highest BCUT2D eigenvalue weighted by atomic mass is 16.7. The van der Waals surface area contributed by atoms with Crippen LogP contribution in [-0.4, -0.2) is 34.4 Å². The van der Waals surface area contributed by atoms with Crippen molar-refractivity contribution in [2.24, 2.45) is 0 Å². The number of ether oxygens (including phenoxy) is 1. The van der Waals surface area contributed by atoms with Gasteiger partial charge in [-0.05, 0) is 36.6 Å². The summed E-state index contributed by atoms with van der Waals surface area (Å²) in [4.78, 5) is 45.6. The first kappa shape index (κ1) is 14.4. The monoisotopic (exact) mass is 324 g/mol. The summed E-state index contributed by atoms with van der Waals surface area (Å²) in [6.07, 6.45) is 3.07. The molecule has 0 fully saturated rings. The number of hydrogen-bond donors (Lipinski definition) is 0. The van der Waals surface area contributed by atoms with Crippen LogP contribution in [0.1, 0.15) is 43.2 Å². The predicted octanol–water partition coefficient (Wildman–Crippen LogP) is 1.77. The number of benzene rings is 1. The maximum atomic E-state index is 12.3. The van der Waals surface area contributed by atoms with E-state index in [0.29, 0.717) is 17.4 Å². The van der Waals surface area contributed by atoms with Crippen molar-refractivity contribution in [3.8, 4) is 5.75 Å². The number of carbonyl (C=O) groups is 3. The molecule has 0 saturated heterocycles. The summed E-state index contributed by atoms with van der Waals surface area (Å²) < 4.78 is 5.43. The number of aryl methyl sites for hydroxylation is 1. The zero-order valence-corrected chi connectivity index (χ0v) is 12.5. The Bertz CT molecular complexity index is 842. The van der Waals surface area contributed by atoms with Crippen LogP contribution < -0.4 is 4.74 Å². The maximum absolute atomic E-state index is 12.3. The van der Waals surface area contributed by atoms with Gasteiger partial charge in [0.15, 0.2) is 5.69 Å². The third kappa shape index (κ3) is 2.21. The molecule has 0 saturated carbocycles. The number of carbonyl (C=O) groups excluding carboxylic acids is 3. The van der Waals surface area contributed by atoms with Gasteiger partial charge >= 0.3 is 5.97 Å². The lowest BCUT2D eigenvalue weighted by Crippen LogP contribution is -2.33. The lowest BCUT2D eigenvalue weighted by Gasteiger charge is -2.17. The van der Waals surface area contributed by atoms with Crippen molar-refractivity contribution in [3.05, 3.63) is 58.9 Å². The second-order valence-corrected chi connectivity index (χ2v) is 5.46. The highest BCUT2D eigenvalue weighted by Crippen LogP contribution is 2.26. The first-order valence-electron chi connectivity index (χ1n) is 7.47. The van der Waals surface area contributed by atoms with Gasteiger partial charge in [0, 0.05) is 0 Å². The van der Waals surface area contributed by atoms with E-state index >= 15 is 0 Å². The van der Waals surface area contributed by atoms with E-state index in [1.807, 2.05) is 0 Å². The molecule has 2 aliphatic rings. The summed E-state index contributed by atoms with van der Waals surface area (Å²) in [5.41, 5.74) is 1.30. The van der Waals surface area contributed by atoms with Crippen LogP contribution >= 0.6 is 0 Å². The van der Waals surface area contributed by atoms with Crippen molar-refractivity contribution in [3.63, 3.8) is 0 Å². The average molecular weight is 324 g/mol. The van der Waals surface area contributed by atoms with Crippen LogP contribution in [0.4, 0.5) is 0 Å². The number of imide groups is 1. The molecule has 1 aromatic carbocycles. The number of fused-ring (bicyclic) bond motifs is 2. The minimum absolute atomic E-state index is 0.0239. The Morgan fingerprint density at radius 1 is 1.17 bits per heavy atom. The van der Waals surface area contributed by atoms with E-state index in [-0.39, 0.29) is 16.8 Å². The molecule has 24 heavy (non-hydrogen) atoms. The molecule has 2 aromatic rings. The van der Waals surface area contributed by atoms with Gasteiger partial charge in [-0.25, -0.2) is 9.78 Å². The molecule has 0 N–H and O–H groups in total. The first-order valence-corrected chi connectivity index (χ1v) is 7.47. The van der Waals surface area contributed by atoms with Gasteiger partial charge in [0.25, 0.3) is 11.8 Å². The minimum Gasteiger partial charge on any atom is -0.492 e. The molecule has 0 unspecified atom stereocenters. The number of hydrogen-bond acceptors (Lipinski definition) is 6. The lowest BCUT2D eigenvalue weighted by atomic mass is 10.1. The van der Waals surface area contributed by atoms with E-state index in [1.54, 1.807) is 18.2 Å². The van der Waals surface area contributed by atoms with E-state index in [4.69, 9.17) is 9.57 Å².